The van der Waals surface area contributed by atoms with E-state index in [0.717, 1.165) is 42.3 Å². The first-order valence-electron chi connectivity index (χ1n) is 10.7. The number of para-hydroxylation sites is 1. The van der Waals surface area contributed by atoms with Crippen molar-refractivity contribution in [3.8, 4) is 5.75 Å². The molecule has 2 N–H and O–H groups in total. The molecule has 0 atom stereocenters. The van der Waals surface area contributed by atoms with Crippen molar-refractivity contribution >= 4 is 34.2 Å². The fourth-order valence-corrected chi connectivity index (χ4v) is 4.30. The molecule has 3 aromatic rings. The number of nitrogens with zero attached hydrogens (tertiary/aromatic N) is 1. The number of H-pyrrole nitrogens is 1. The molecule has 6 nitrogen and oxygen atoms in total. The number of amides is 2. The molecule has 4 rings (SSSR count). The Morgan fingerprint density at radius 3 is 2.71 bits per heavy atom. The van der Waals surface area contributed by atoms with Gasteiger partial charge in [-0.25, -0.2) is 4.79 Å². The Morgan fingerprint density at radius 1 is 1.19 bits per heavy atom. The number of hydrogen-bond donors (Lipinski definition) is 2. The first-order chi connectivity index (χ1) is 15.0. The lowest BCUT2D eigenvalue weighted by Crippen LogP contribution is -2.42. The lowest BCUT2D eigenvalue weighted by Gasteiger charge is -2.29. The number of aromatic nitrogens is 1. The minimum atomic E-state index is -0.248. The third kappa shape index (κ3) is 4.85. The summed E-state index contributed by atoms with van der Waals surface area (Å²) in [7, 11) is 0. The third-order valence-corrected chi connectivity index (χ3v) is 6.02. The predicted molar refractivity (Wildman–Crippen MR) is 124 cm³/mol. The summed E-state index contributed by atoms with van der Waals surface area (Å²) in [5.41, 5.74) is 1.66. The normalized spacial score (nSPS) is 14.0. The molecule has 0 spiro atoms. The van der Waals surface area contributed by atoms with Gasteiger partial charge in [0.2, 0.25) is 0 Å². The molecule has 1 fully saturated rings. The molecule has 162 valence electrons. The first kappa shape index (κ1) is 21.2. The topological polar surface area (TPSA) is 74.4 Å². The average molecular weight is 440 g/mol. The Kier molecular flexibility index (Phi) is 6.47. The molecule has 0 radical (unpaired) electrons. The number of carbonyl (C=O) groups excluding carboxylic acids is 1. The molecule has 2 amide bonds. The zero-order valence-electron chi connectivity index (χ0n) is 17.5. The summed E-state index contributed by atoms with van der Waals surface area (Å²) in [6, 6.07) is 14.4. The fourth-order valence-electron chi connectivity index (χ4n) is 4.12. The Hall–Kier alpha value is -2.99. The maximum absolute atomic E-state index is 13.2. The van der Waals surface area contributed by atoms with Crippen molar-refractivity contribution in [2.45, 2.75) is 45.2 Å². The molecule has 1 aliphatic rings. The van der Waals surface area contributed by atoms with Crippen LogP contribution in [0.2, 0.25) is 5.02 Å². The van der Waals surface area contributed by atoms with Gasteiger partial charge in [0.05, 0.1) is 23.9 Å². The number of nitrogens with one attached hydrogen (secondary N) is 2. The van der Waals surface area contributed by atoms with Crippen LogP contribution < -0.4 is 15.6 Å². The van der Waals surface area contributed by atoms with Crippen LogP contribution in [-0.4, -0.2) is 28.6 Å². The molecule has 1 aromatic heterocycles. The summed E-state index contributed by atoms with van der Waals surface area (Å²) in [5, 5.41) is 4.27. The van der Waals surface area contributed by atoms with E-state index in [4.69, 9.17) is 16.3 Å². The van der Waals surface area contributed by atoms with Crippen LogP contribution in [0.1, 0.15) is 38.2 Å². The number of carbonyl (C=O) groups is 1. The number of benzene rings is 2. The van der Waals surface area contributed by atoms with Gasteiger partial charge in [-0.05, 0) is 56.2 Å². The van der Waals surface area contributed by atoms with Gasteiger partial charge in [0.15, 0.2) is 0 Å². The Balaban J connectivity index is 1.64. The molecule has 0 aliphatic heterocycles. The number of hydrogen-bond acceptors (Lipinski definition) is 3. The van der Waals surface area contributed by atoms with Crippen LogP contribution in [-0.2, 0) is 6.54 Å². The SMILES string of the molecule is CCOc1ccc2[nH]c(=O)c(CN(C(=O)Nc3ccccc3Cl)C3CCCC3)cc2c1. The summed E-state index contributed by atoms with van der Waals surface area (Å²) >= 11 is 6.22. The lowest BCUT2D eigenvalue weighted by molar-refractivity contribution is 0.184. The summed E-state index contributed by atoms with van der Waals surface area (Å²) in [6.45, 7) is 2.73. The van der Waals surface area contributed by atoms with Crippen LogP contribution >= 0.6 is 11.6 Å². The van der Waals surface area contributed by atoms with E-state index in [0.29, 0.717) is 22.9 Å². The summed E-state index contributed by atoms with van der Waals surface area (Å²) in [5.74, 6) is 0.747. The van der Waals surface area contributed by atoms with Gasteiger partial charge in [0.1, 0.15) is 5.75 Å². The highest BCUT2D eigenvalue weighted by Gasteiger charge is 2.28. The number of urea groups is 1. The molecular weight excluding hydrogens is 414 g/mol. The number of halogens is 1. The lowest BCUT2D eigenvalue weighted by atomic mass is 10.1. The van der Waals surface area contributed by atoms with E-state index in [1.807, 2.05) is 43.3 Å². The van der Waals surface area contributed by atoms with Gasteiger partial charge in [0.25, 0.3) is 5.56 Å². The van der Waals surface area contributed by atoms with E-state index in [1.54, 1.807) is 17.0 Å². The molecule has 1 heterocycles. The standard InChI is InChI=1S/C24H26ClN3O3/c1-2-31-19-11-12-21-16(14-19)13-17(23(29)26-21)15-28(18-7-3-4-8-18)24(30)27-22-10-6-5-9-20(22)25/h5-6,9-14,18H,2-4,7-8,15H2,1H3,(H,26,29)(H,27,30). The predicted octanol–water partition coefficient (Wildman–Crippen LogP) is 5.56. The van der Waals surface area contributed by atoms with Gasteiger partial charge >= 0.3 is 6.03 Å². The first-order valence-corrected chi connectivity index (χ1v) is 11.0. The smallest absolute Gasteiger partial charge is 0.322 e. The van der Waals surface area contributed by atoms with E-state index < -0.39 is 0 Å². The van der Waals surface area contributed by atoms with Crippen LogP contribution in [0.4, 0.5) is 10.5 Å². The van der Waals surface area contributed by atoms with Crippen molar-refractivity contribution in [1.29, 1.82) is 0 Å². The largest absolute Gasteiger partial charge is 0.494 e. The van der Waals surface area contributed by atoms with Crippen molar-refractivity contribution in [2.24, 2.45) is 0 Å². The molecule has 0 bridgehead atoms. The van der Waals surface area contributed by atoms with E-state index in [2.05, 4.69) is 10.3 Å². The second-order valence-electron chi connectivity index (χ2n) is 7.78. The Bertz CT molecular complexity index is 1140. The monoisotopic (exact) mass is 439 g/mol. The average Bonchev–Trinajstić information content (AvgIpc) is 3.28. The number of fused-ring (bicyclic) bond motifs is 1. The van der Waals surface area contributed by atoms with Crippen LogP contribution in [0, 0.1) is 0 Å². The van der Waals surface area contributed by atoms with E-state index in [9.17, 15) is 9.59 Å². The number of ether oxygens (including phenoxy) is 1. The van der Waals surface area contributed by atoms with Crippen LogP contribution in [0.3, 0.4) is 0 Å². The van der Waals surface area contributed by atoms with E-state index in [1.165, 1.54) is 0 Å². The summed E-state index contributed by atoms with van der Waals surface area (Å²) in [4.78, 5) is 30.7. The van der Waals surface area contributed by atoms with Gasteiger partial charge in [-0.15, -0.1) is 0 Å². The highest BCUT2D eigenvalue weighted by molar-refractivity contribution is 6.33. The van der Waals surface area contributed by atoms with Crippen LogP contribution in [0.15, 0.2) is 53.3 Å². The second-order valence-corrected chi connectivity index (χ2v) is 8.19. The quantitative estimate of drug-likeness (QED) is 0.528. The number of pyridine rings is 1. The van der Waals surface area contributed by atoms with Crippen LogP contribution in [0.25, 0.3) is 10.9 Å². The highest BCUT2D eigenvalue weighted by Crippen LogP contribution is 2.27. The molecule has 1 aliphatic carbocycles. The Labute approximate surface area is 186 Å². The number of rotatable bonds is 6. The van der Waals surface area contributed by atoms with E-state index >= 15 is 0 Å². The zero-order chi connectivity index (χ0) is 21.8. The number of anilines is 1. The molecule has 2 aromatic carbocycles. The van der Waals surface area contributed by atoms with Gasteiger partial charge in [-0.3, -0.25) is 4.79 Å². The Morgan fingerprint density at radius 2 is 1.97 bits per heavy atom. The van der Waals surface area contributed by atoms with Crippen LogP contribution in [0.5, 0.6) is 5.75 Å². The summed E-state index contributed by atoms with van der Waals surface area (Å²) < 4.78 is 5.58. The maximum atomic E-state index is 13.2. The molecule has 1 saturated carbocycles. The van der Waals surface area contributed by atoms with E-state index in [-0.39, 0.29) is 24.2 Å². The van der Waals surface area contributed by atoms with Gasteiger partial charge in [-0.2, -0.15) is 0 Å². The zero-order valence-corrected chi connectivity index (χ0v) is 18.2. The van der Waals surface area contributed by atoms with Crippen molar-refractivity contribution in [1.82, 2.24) is 9.88 Å². The minimum Gasteiger partial charge on any atom is -0.494 e. The molecule has 0 unspecified atom stereocenters. The molecule has 31 heavy (non-hydrogen) atoms. The molecular formula is C24H26ClN3O3. The molecule has 7 heteroatoms. The highest BCUT2D eigenvalue weighted by atomic mass is 35.5. The van der Waals surface area contributed by atoms with Crippen molar-refractivity contribution in [3.05, 3.63) is 69.5 Å². The molecule has 0 saturated heterocycles. The van der Waals surface area contributed by atoms with Crippen molar-refractivity contribution < 1.29 is 9.53 Å². The second kappa shape index (κ2) is 9.43. The van der Waals surface area contributed by atoms with Gasteiger partial charge < -0.3 is 19.9 Å². The van der Waals surface area contributed by atoms with Gasteiger partial charge in [0, 0.05) is 22.5 Å². The minimum absolute atomic E-state index is 0.0901. The third-order valence-electron chi connectivity index (χ3n) is 5.69. The number of aromatic amines is 1. The van der Waals surface area contributed by atoms with Gasteiger partial charge in [-0.1, -0.05) is 36.6 Å². The summed E-state index contributed by atoms with van der Waals surface area (Å²) in [6.07, 6.45) is 4.00. The van der Waals surface area contributed by atoms with Crippen molar-refractivity contribution in [3.63, 3.8) is 0 Å². The fraction of sp³-hybridized carbons (Fsp3) is 0.333. The van der Waals surface area contributed by atoms with Crippen molar-refractivity contribution in [2.75, 3.05) is 11.9 Å². The maximum Gasteiger partial charge on any atom is 0.322 e.